The predicted octanol–water partition coefficient (Wildman–Crippen LogP) is 5.75. The van der Waals surface area contributed by atoms with Gasteiger partial charge in [0.15, 0.2) is 0 Å². The van der Waals surface area contributed by atoms with Gasteiger partial charge in [-0.15, -0.1) is 5.10 Å². The third-order valence-electron chi connectivity index (χ3n) is 6.48. The van der Waals surface area contributed by atoms with Gasteiger partial charge >= 0.3 is 6.01 Å². The van der Waals surface area contributed by atoms with Crippen LogP contribution >= 0.6 is 0 Å². The highest BCUT2D eigenvalue weighted by molar-refractivity contribution is 5.54. The van der Waals surface area contributed by atoms with Gasteiger partial charge in [-0.1, -0.05) is 12.0 Å². The number of hydrogen-bond donors (Lipinski definition) is 1. The maximum Gasteiger partial charge on any atom is 0.315 e. The number of halogens is 1. The molecular weight excluding hydrogens is 395 g/mol. The van der Waals surface area contributed by atoms with Crippen molar-refractivity contribution >= 4 is 6.01 Å². The van der Waals surface area contributed by atoms with Crippen LogP contribution in [0.1, 0.15) is 56.1 Å². The fourth-order valence-electron chi connectivity index (χ4n) is 4.64. The van der Waals surface area contributed by atoms with Gasteiger partial charge in [0.2, 0.25) is 11.8 Å². The van der Waals surface area contributed by atoms with E-state index in [0.717, 1.165) is 49.0 Å². The minimum absolute atomic E-state index is 0.264. The van der Waals surface area contributed by atoms with Crippen LogP contribution in [0.25, 0.3) is 11.5 Å². The maximum atomic E-state index is 13.8. The summed E-state index contributed by atoms with van der Waals surface area (Å²) in [6, 6.07) is 10.2. The van der Waals surface area contributed by atoms with Gasteiger partial charge in [-0.3, -0.25) is 0 Å². The summed E-state index contributed by atoms with van der Waals surface area (Å²) in [5, 5.41) is 11.8. The molecule has 3 aromatic rings. The zero-order chi connectivity index (χ0) is 21.8. The number of methoxy groups -OCH3 is 1. The van der Waals surface area contributed by atoms with Crippen LogP contribution in [0.15, 0.2) is 40.9 Å². The van der Waals surface area contributed by atoms with Gasteiger partial charge in [0, 0.05) is 23.4 Å². The molecule has 2 heterocycles. The SMILES string of the molecule is CCC(Nc1nnc(-c2ccc(OC)cc2)o1)[C@H]1CC[C@@H](c2ccnc(F)c2C)CC1. The largest absolute Gasteiger partial charge is 0.497 e. The van der Waals surface area contributed by atoms with Crippen molar-refractivity contribution in [2.45, 2.75) is 57.9 Å². The van der Waals surface area contributed by atoms with Crippen LogP contribution in [0.5, 0.6) is 5.75 Å². The zero-order valence-corrected chi connectivity index (χ0v) is 18.3. The highest BCUT2D eigenvalue weighted by Crippen LogP contribution is 2.39. The first-order valence-electron chi connectivity index (χ1n) is 10.9. The number of pyridine rings is 1. The predicted molar refractivity (Wildman–Crippen MR) is 118 cm³/mol. The molecule has 1 aliphatic rings. The first kappa shape index (κ1) is 21.3. The van der Waals surface area contributed by atoms with Gasteiger partial charge in [0.1, 0.15) is 5.75 Å². The van der Waals surface area contributed by atoms with E-state index in [9.17, 15) is 4.39 Å². The van der Waals surface area contributed by atoms with Crippen molar-refractivity contribution in [3.8, 4) is 17.2 Å². The second kappa shape index (κ2) is 9.45. The van der Waals surface area contributed by atoms with Crippen molar-refractivity contribution in [3.63, 3.8) is 0 Å². The molecule has 0 bridgehead atoms. The quantitative estimate of drug-likeness (QED) is 0.487. The second-order valence-electron chi connectivity index (χ2n) is 8.23. The summed E-state index contributed by atoms with van der Waals surface area (Å²) in [5.74, 6) is 1.84. The average molecular weight is 425 g/mol. The van der Waals surface area contributed by atoms with E-state index in [0.29, 0.717) is 29.3 Å². The molecular formula is C24H29FN4O2. The van der Waals surface area contributed by atoms with E-state index < -0.39 is 0 Å². The molecule has 7 heteroatoms. The Morgan fingerprint density at radius 3 is 2.55 bits per heavy atom. The molecule has 0 spiro atoms. The van der Waals surface area contributed by atoms with Gasteiger partial charge in [-0.05, 0) is 86.8 Å². The van der Waals surface area contributed by atoms with Crippen molar-refractivity contribution in [1.82, 2.24) is 15.2 Å². The Kier molecular flexibility index (Phi) is 6.49. The summed E-state index contributed by atoms with van der Waals surface area (Å²) in [5.41, 5.74) is 2.65. The molecule has 1 aliphatic carbocycles. The molecule has 1 saturated carbocycles. The van der Waals surface area contributed by atoms with Crippen molar-refractivity contribution < 1.29 is 13.5 Å². The van der Waals surface area contributed by atoms with Crippen LogP contribution in [0, 0.1) is 18.8 Å². The standard InChI is InChI=1S/C24H29FN4O2/c1-4-21(17-7-5-16(6-8-17)20-13-14-26-22(25)15(20)2)27-24-29-28-23(31-24)18-9-11-19(30-3)12-10-18/h9-14,16-17,21H,4-8H2,1-3H3,(H,27,29)/t16-,17+,21?. The minimum Gasteiger partial charge on any atom is -0.497 e. The fourth-order valence-corrected chi connectivity index (χ4v) is 4.64. The molecule has 31 heavy (non-hydrogen) atoms. The van der Waals surface area contributed by atoms with Crippen LogP contribution in [0.4, 0.5) is 10.4 Å². The molecule has 1 aromatic carbocycles. The molecule has 0 radical (unpaired) electrons. The summed E-state index contributed by atoms with van der Waals surface area (Å²) in [7, 11) is 1.64. The van der Waals surface area contributed by atoms with E-state index >= 15 is 0 Å². The van der Waals surface area contributed by atoms with Gasteiger partial charge in [0.05, 0.1) is 7.11 Å². The second-order valence-corrected chi connectivity index (χ2v) is 8.23. The highest BCUT2D eigenvalue weighted by Gasteiger charge is 2.29. The molecule has 0 saturated heterocycles. The number of benzene rings is 1. The third-order valence-corrected chi connectivity index (χ3v) is 6.48. The first-order valence-corrected chi connectivity index (χ1v) is 10.9. The Hall–Kier alpha value is -2.96. The van der Waals surface area contributed by atoms with Crippen LogP contribution in [-0.2, 0) is 0 Å². The number of ether oxygens (including phenoxy) is 1. The normalized spacial score (nSPS) is 19.7. The molecule has 4 rings (SSSR count). The van der Waals surface area contributed by atoms with E-state index in [4.69, 9.17) is 9.15 Å². The maximum absolute atomic E-state index is 13.8. The monoisotopic (exact) mass is 424 g/mol. The summed E-state index contributed by atoms with van der Waals surface area (Å²) in [6.07, 6.45) is 6.81. The van der Waals surface area contributed by atoms with Gasteiger partial charge in [-0.2, -0.15) is 4.39 Å². The molecule has 2 aromatic heterocycles. The summed E-state index contributed by atoms with van der Waals surface area (Å²) < 4.78 is 24.9. The molecule has 1 unspecified atom stereocenters. The molecule has 1 N–H and O–H groups in total. The Bertz CT molecular complexity index is 997. The summed E-state index contributed by atoms with van der Waals surface area (Å²) in [4.78, 5) is 3.76. The lowest BCUT2D eigenvalue weighted by Crippen LogP contribution is -2.31. The Labute approximate surface area is 182 Å². The molecule has 0 aliphatic heterocycles. The van der Waals surface area contributed by atoms with Crippen LogP contribution in [-0.4, -0.2) is 28.3 Å². The first-order chi connectivity index (χ1) is 15.1. The molecule has 164 valence electrons. The number of anilines is 1. The highest BCUT2D eigenvalue weighted by atomic mass is 19.1. The molecule has 1 fully saturated rings. The third kappa shape index (κ3) is 4.70. The van der Waals surface area contributed by atoms with Gasteiger partial charge in [-0.25, -0.2) is 4.98 Å². The lowest BCUT2D eigenvalue weighted by atomic mass is 9.75. The number of rotatable bonds is 7. The Balaban J connectivity index is 1.38. The van der Waals surface area contributed by atoms with Gasteiger partial charge in [0.25, 0.3) is 0 Å². The number of hydrogen-bond acceptors (Lipinski definition) is 6. The Morgan fingerprint density at radius 1 is 1.13 bits per heavy atom. The smallest absolute Gasteiger partial charge is 0.315 e. The molecule has 6 nitrogen and oxygen atoms in total. The fraction of sp³-hybridized carbons (Fsp3) is 0.458. The van der Waals surface area contributed by atoms with E-state index in [1.165, 1.54) is 0 Å². The van der Waals surface area contributed by atoms with Crippen molar-refractivity contribution in [2.24, 2.45) is 5.92 Å². The topological polar surface area (TPSA) is 73.1 Å². The van der Waals surface area contributed by atoms with Crippen molar-refractivity contribution in [3.05, 3.63) is 53.6 Å². The van der Waals surface area contributed by atoms with E-state index in [2.05, 4.69) is 27.4 Å². The number of nitrogens with one attached hydrogen (secondary N) is 1. The van der Waals surface area contributed by atoms with Crippen LogP contribution in [0.3, 0.4) is 0 Å². The van der Waals surface area contributed by atoms with Crippen LogP contribution in [0.2, 0.25) is 0 Å². The Morgan fingerprint density at radius 2 is 1.87 bits per heavy atom. The molecule has 0 amide bonds. The summed E-state index contributed by atoms with van der Waals surface area (Å²) >= 11 is 0. The van der Waals surface area contributed by atoms with E-state index in [-0.39, 0.29) is 12.0 Å². The zero-order valence-electron chi connectivity index (χ0n) is 18.3. The minimum atomic E-state index is -0.350. The summed E-state index contributed by atoms with van der Waals surface area (Å²) in [6.45, 7) is 4.00. The van der Waals surface area contributed by atoms with E-state index in [1.54, 1.807) is 13.3 Å². The van der Waals surface area contributed by atoms with E-state index in [1.807, 2.05) is 37.3 Å². The number of nitrogens with zero attached hydrogens (tertiary/aromatic N) is 3. The number of aromatic nitrogens is 3. The van der Waals surface area contributed by atoms with Crippen LogP contribution < -0.4 is 10.1 Å². The van der Waals surface area contributed by atoms with Gasteiger partial charge < -0.3 is 14.5 Å². The van der Waals surface area contributed by atoms with Crippen molar-refractivity contribution in [2.75, 3.05) is 12.4 Å². The van der Waals surface area contributed by atoms with Crippen molar-refractivity contribution in [1.29, 1.82) is 0 Å². The lowest BCUT2D eigenvalue weighted by molar-refractivity contribution is 0.285. The average Bonchev–Trinajstić information content (AvgIpc) is 3.28. The lowest BCUT2D eigenvalue weighted by Gasteiger charge is -2.34. The molecule has 1 atom stereocenters.